The van der Waals surface area contributed by atoms with Gasteiger partial charge >= 0.3 is 0 Å². The SMILES string of the molecule is O=c1[nH]n(C2CCCCC2)c(O)c1CCO. The Morgan fingerprint density at radius 3 is 2.62 bits per heavy atom. The van der Waals surface area contributed by atoms with Gasteiger partial charge in [-0.2, -0.15) is 0 Å². The van der Waals surface area contributed by atoms with E-state index < -0.39 is 0 Å². The fourth-order valence-electron chi connectivity index (χ4n) is 2.42. The fraction of sp³-hybridized carbons (Fsp3) is 0.727. The van der Waals surface area contributed by atoms with Crippen molar-refractivity contribution >= 4 is 0 Å². The Hall–Kier alpha value is -1.23. The molecule has 0 aliphatic heterocycles. The summed E-state index contributed by atoms with van der Waals surface area (Å²) in [4.78, 5) is 11.5. The molecule has 0 unspecified atom stereocenters. The second-order valence-corrected chi connectivity index (χ2v) is 4.38. The van der Waals surface area contributed by atoms with Crippen molar-refractivity contribution in [3.05, 3.63) is 15.9 Å². The third-order valence-electron chi connectivity index (χ3n) is 3.30. The van der Waals surface area contributed by atoms with Crippen molar-refractivity contribution in [1.82, 2.24) is 9.78 Å². The number of aliphatic hydroxyl groups excluding tert-OH is 1. The zero-order valence-corrected chi connectivity index (χ0v) is 9.28. The third-order valence-corrected chi connectivity index (χ3v) is 3.30. The topological polar surface area (TPSA) is 78.2 Å². The quantitative estimate of drug-likeness (QED) is 0.717. The van der Waals surface area contributed by atoms with Crippen LogP contribution in [0.3, 0.4) is 0 Å². The van der Waals surface area contributed by atoms with Gasteiger partial charge in [-0.25, -0.2) is 0 Å². The Morgan fingerprint density at radius 1 is 1.31 bits per heavy atom. The van der Waals surface area contributed by atoms with E-state index in [4.69, 9.17) is 5.11 Å². The van der Waals surface area contributed by atoms with Crippen LogP contribution < -0.4 is 5.56 Å². The lowest BCUT2D eigenvalue weighted by atomic mass is 9.96. The van der Waals surface area contributed by atoms with Crippen LogP contribution in [-0.4, -0.2) is 26.6 Å². The number of aromatic nitrogens is 2. The number of aliphatic hydroxyl groups is 1. The van der Waals surface area contributed by atoms with E-state index in [0.29, 0.717) is 5.56 Å². The summed E-state index contributed by atoms with van der Waals surface area (Å²) in [6, 6.07) is 0.203. The minimum absolute atomic E-state index is 0.00551. The number of aromatic hydroxyl groups is 1. The van der Waals surface area contributed by atoms with Crippen molar-refractivity contribution in [1.29, 1.82) is 0 Å². The first-order chi connectivity index (χ1) is 7.74. The van der Waals surface area contributed by atoms with Gasteiger partial charge in [0.1, 0.15) is 0 Å². The Morgan fingerprint density at radius 2 is 2.00 bits per heavy atom. The summed E-state index contributed by atoms with van der Waals surface area (Å²) in [7, 11) is 0. The van der Waals surface area contributed by atoms with Gasteiger partial charge in [0.25, 0.3) is 5.56 Å². The van der Waals surface area contributed by atoms with E-state index in [2.05, 4.69) is 5.10 Å². The molecule has 5 heteroatoms. The molecule has 0 radical (unpaired) electrons. The minimum Gasteiger partial charge on any atom is -0.493 e. The summed E-state index contributed by atoms with van der Waals surface area (Å²) in [5.41, 5.74) is 0.0187. The van der Waals surface area contributed by atoms with E-state index >= 15 is 0 Å². The first-order valence-corrected chi connectivity index (χ1v) is 5.87. The van der Waals surface area contributed by atoms with E-state index in [1.54, 1.807) is 4.68 Å². The minimum atomic E-state index is -0.280. The van der Waals surface area contributed by atoms with Crippen LogP contribution in [0, 0.1) is 0 Å². The standard InChI is InChI=1S/C11H18N2O3/c14-7-6-9-10(15)12-13(11(9)16)8-4-2-1-3-5-8/h8,14,16H,1-7H2,(H,12,15). The van der Waals surface area contributed by atoms with Gasteiger partial charge in [-0.3, -0.25) is 14.6 Å². The molecule has 0 saturated heterocycles. The van der Waals surface area contributed by atoms with E-state index in [0.717, 1.165) is 25.7 Å². The number of hydrogen-bond donors (Lipinski definition) is 3. The van der Waals surface area contributed by atoms with Gasteiger partial charge < -0.3 is 10.2 Å². The highest BCUT2D eigenvalue weighted by Gasteiger charge is 2.21. The highest BCUT2D eigenvalue weighted by atomic mass is 16.3. The van der Waals surface area contributed by atoms with E-state index in [1.807, 2.05) is 0 Å². The van der Waals surface area contributed by atoms with Crippen LogP contribution in [0.25, 0.3) is 0 Å². The number of rotatable bonds is 3. The van der Waals surface area contributed by atoms with Crippen LogP contribution in [-0.2, 0) is 6.42 Å². The molecule has 0 spiro atoms. The lowest BCUT2D eigenvalue weighted by molar-refractivity contribution is 0.281. The molecule has 1 saturated carbocycles. The van der Waals surface area contributed by atoms with Crippen molar-refractivity contribution < 1.29 is 10.2 Å². The molecule has 2 rings (SSSR count). The summed E-state index contributed by atoms with van der Waals surface area (Å²) in [5, 5.41) is 21.4. The van der Waals surface area contributed by atoms with Crippen LogP contribution in [0.2, 0.25) is 0 Å². The highest BCUT2D eigenvalue weighted by molar-refractivity contribution is 5.23. The molecule has 0 amide bonds. The van der Waals surface area contributed by atoms with Crippen molar-refractivity contribution in [2.45, 2.75) is 44.6 Å². The molecule has 0 bridgehead atoms. The van der Waals surface area contributed by atoms with Gasteiger partial charge in [0, 0.05) is 13.0 Å². The first kappa shape index (κ1) is 11.3. The van der Waals surface area contributed by atoms with E-state index in [1.165, 1.54) is 6.42 Å². The number of H-pyrrole nitrogens is 1. The lowest BCUT2D eigenvalue weighted by Crippen LogP contribution is -2.16. The van der Waals surface area contributed by atoms with Crippen molar-refractivity contribution in [2.75, 3.05) is 6.61 Å². The summed E-state index contributed by atoms with van der Waals surface area (Å²) < 4.78 is 1.58. The smallest absolute Gasteiger partial charge is 0.271 e. The molecule has 90 valence electrons. The third kappa shape index (κ3) is 2.00. The van der Waals surface area contributed by atoms with Crippen LogP contribution >= 0.6 is 0 Å². The molecular formula is C11H18N2O3. The lowest BCUT2D eigenvalue weighted by Gasteiger charge is -2.23. The average molecular weight is 226 g/mol. The zero-order valence-electron chi connectivity index (χ0n) is 9.28. The molecule has 1 aliphatic rings. The maximum Gasteiger partial charge on any atom is 0.271 e. The largest absolute Gasteiger partial charge is 0.493 e. The van der Waals surface area contributed by atoms with E-state index in [-0.39, 0.29) is 30.5 Å². The maximum atomic E-state index is 11.5. The van der Waals surface area contributed by atoms with Crippen molar-refractivity contribution in [2.24, 2.45) is 0 Å². The zero-order chi connectivity index (χ0) is 11.5. The molecule has 1 aliphatic carbocycles. The Kier molecular flexibility index (Phi) is 3.33. The van der Waals surface area contributed by atoms with Crippen LogP contribution in [0.15, 0.2) is 4.79 Å². The fourth-order valence-corrected chi connectivity index (χ4v) is 2.42. The molecule has 1 aromatic heterocycles. The monoisotopic (exact) mass is 226 g/mol. The number of aromatic amines is 1. The molecule has 3 N–H and O–H groups in total. The second kappa shape index (κ2) is 4.74. The van der Waals surface area contributed by atoms with Crippen LogP contribution in [0.5, 0.6) is 5.88 Å². The van der Waals surface area contributed by atoms with Gasteiger partial charge in [0.05, 0.1) is 11.6 Å². The van der Waals surface area contributed by atoms with Crippen molar-refractivity contribution in [3.8, 4) is 5.88 Å². The summed E-state index contributed by atoms with van der Waals surface area (Å²) >= 11 is 0. The van der Waals surface area contributed by atoms with Gasteiger partial charge in [0.2, 0.25) is 5.88 Å². The van der Waals surface area contributed by atoms with Gasteiger partial charge in [0.15, 0.2) is 0 Å². The Labute approximate surface area is 93.7 Å². The van der Waals surface area contributed by atoms with Crippen LogP contribution in [0.1, 0.15) is 43.7 Å². The predicted octanol–water partition coefficient (Wildman–Crippen LogP) is 0.922. The first-order valence-electron chi connectivity index (χ1n) is 5.87. The maximum absolute atomic E-state index is 11.5. The van der Waals surface area contributed by atoms with Gasteiger partial charge in [-0.1, -0.05) is 19.3 Å². The highest BCUT2D eigenvalue weighted by Crippen LogP contribution is 2.30. The second-order valence-electron chi connectivity index (χ2n) is 4.38. The van der Waals surface area contributed by atoms with Crippen molar-refractivity contribution in [3.63, 3.8) is 0 Å². The molecular weight excluding hydrogens is 208 g/mol. The molecule has 5 nitrogen and oxygen atoms in total. The predicted molar refractivity (Wildman–Crippen MR) is 59.6 cm³/mol. The molecule has 0 atom stereocenters. The number of nitrogens with one attached hydrogen (secondary N) is 1. The normalized spacial score (nSPS) is 17.8. The molecule has 16 heavy (non-hydrogen) atoms. The summed E-state index contributed by atoms with van der Waals surface area (Å²) in [6.07, 6.45) is 5.71. The Balaban J connectivity index is 2.27. The van der Waals surface area contributed by atoms with Gasteiger partial charge in [-0.15, -0.1) is 0 Å². The molecule has 1 fully saturated rings. The number of nitrogens with zero attached hydrogens (tertiary/aromatic N) is 1. The van der Waals surface area contributed by atoms with E-state index in [9.17, 15) is 9.90 Å². The summed E-state index contributed by atoms with van der Waals surface area (Å²) in [5.74, 6) is 0.00551. The van der Waals surface area contributed by atoms with Gasteiger partial charge in [-0.05, 0) is 12.8 Å². The number of hydrogen-bond acceptors (Lipinski definition) is 3. The van der Waals surface area contributed by atoms with Crippen LogP contribution in [0.4, 0.5) is 0 Å². The summed E-state index contributed by atoms with van der Waals surface area (Å²) in [6.45, 7) is -0.120. The molecule has 1 aromatic rings. The molecule has 1 heterocycles. The molecule has 0 aromatic carbocycles. The Bertz CT molecular complexity index is 402. The average Bonchev–Trinajstić information content (AvgIpc) is 2.59.